The second-order valence-corrected chi connectivity index (χ2v) is 5.35. The number of hydrogen-bond donors (Lipinski definition) is 2. The number of aryl methyl sites for hydroxylation is 2. The van der Waals surface area contributed by atoms with Crippen LogP contribution in [0.25, 0.3) is 0 Å². The molecule has 100 valence electrons. The summed E-state index contributed by atoms with van der Waals surface area (Å²) in [6.07, 6.45) is 5.08. The number of thiocarbonyl (C=S) groups is 1. The van der Waals surface area contributed by atoms with E-state index in [4.69, 9.17) is 12.2 Å². The molecule has 18 heavy (non-hydrogen) atoms. The zero-order valence-electron chi connectivity index (χ0n) is 11.4. The van der Waals surface area contributed by atoms with E-state index in [2.05, 4.69) is 29.6 Å². The Kier molecular flexibility index (Phi) is 4.22. The van der Waals surface area contributed by atoms with E-state index in [0.717, 1.165) is 28.7 Å². The predicted molar refractivity (Wildman–Crippen MR) is 79.0 cm³/mol. The van der Waals surface area contributed by atoms with Gasteiger partial charge in [-0.25, -0.2) is 0 Å². The summed E-state index contributed by atoms with van der Waals surface area (Å²) in [7, 11) is 0. The fourth-order valence-electron chi connectivity index (χ4n) is 2.59. The van der Waals surface area contributed by atoms with Crippen LogP contribution in [0.1, 0.15) is 44.0 Å². The SMILES string of the molecule is CCn1nc(C)c(NC(=S)NC2CCCC2)c1C. The number of anilines is 1. The van der Waals surface area contributed by atoms with Crippen LogP contribution in [0.5, 0.6) is 0 Å². The van der Waals surface area contributed by atoms with Crippen LogP contribution in [0, 0.1) is 13.8 Å². The normalized spacial score (nSPS) is 15.9. The van der Waals surface area contributed by atoms with E-state index >= 15 is 0 Å². The second kappa shape index (κ2) is 5.69. The van der Waals surface area contributed by atoms with E-state index < -0.39 is 0 Å². The zero-order chi connectivity index (χ0) is 13.1. The Hall–Kier alpha value is -1.10. The molecule has 2 N–H and O–H groups in total. The van der Waals surface area contributed by atoms with Crippen molar-refractivity contribution in [3.63, 3.8) is 0 Å². The van der Waals surface area contributed by atoms with Crippen LogP contribution in [0.2, 0.25) is 0 Å². The molecule has 5 heteroatoms. The summed E-state index contributed by atoms with van der Waals surface area (Å²) in [5.41, 5.74) is 3.20. The van der Waals surface area contributed by atoms with Crippen molar-refractivity contribution >= 4 is 23.0 Å². The smallest absolute Gasteiger partial charge is 0.171 e. The fraction of sp³-hybridized carbons (Fsp3) is 0.692. The van der Waals surface area contributed by atoms with Crippen molar-refractivity contribution in [1.82, 2.24) is 15.1 Å². The monoisotopic (exact) mass is 266 g/mol. The topological polar surface area (TPSA) is 41.9 Å². The van der Waals surface area contributed by atoms with Crippen LogP contribution in [0.15, 0.2) is 0 Å². The minimum atomic E-state index is 0.548. The first-order valence-corrected chi connectivity index (χ1v) is 7.14. The Labute approximate surface area is 114 Å². The van der Waals surface area contributed by atoms with Crippen molar-refractivity contribution in [2.75, 3.05) is 5.32 Å². The Balaban J connectivity index is 1.99. The van der Waals surface area contributed by atoms with Crippen LogP contribution in [0.4, 0.5) is 5.69 Å². The van der Waals surface area contributed by atoms with Gasteiger partial charge < -0.3 is 10.6 Å². The average molecular weight is 266 g/mol. The third-order valence-electron chi connectivity index (χ3n) is 3.61. The quantitative estimate of drug-likeness (QED) is 0.826. The molecule has 0 atom stereocenters. The highest BCUT2D eigenvalue weighted by atomic mass is 32.1. The molecule has 1 fully saturated rings. The molecule has 1 aliphatic rings. The molecule has 0 amide bonds. The molecule has 1 heterocycles. The second-order valence-electron chi connectivity index (χ2n) is 4.94. The lowest BCUT2D eigenvalue weighted by Crippen LogP contribution is -2.36. The van der Waals surface area contributed by atoms with Crippen LogP contribution in [-0.2, 0) is 6.54 Å². The maximum Gasteiger partial charge on any atom is 0.171 e. The molecule has 1 aromatic heterocycles. The van der Waals surface area contributed by atoms with Gasteiger partial charge in [0.1, 0.15) is 0 Å². The third kappa shape index (κ3) is 2.83. The minimum absolute atomic E-state index is 0.548. The Morgan fingerprint density at radius 3 is 2.61 bits per heavy atom. The average Bonchev–Trinajstić information content (AvgIpc) is 2.92. The van der Waals surface area contributed by atoms with Gasteiger partial charge >= 0.3 is 0 Å². The van der Waals surface area contributed by atoms with E-state index in [1.807, 2.05) is 11.6 Å². The summed E-state index contributed by atoms with van der Waals surface area (Å²) in [6, 6.07) is 0.548. The van der Waals surface area contributed by atoms with Crippen LogP contribution >= 0.6 is 12.2 Å². The molecule has 2 rings (SSSR count). The molecule has 0 unspecified atom stereocenters. The lowest BCUT2D eigenvalue weighted by molar-refractivity contribution is 0.633. The first-order valence-electron chi connectivity index (χ1n) is 6.73. The van der Waals surface area contributed by atoms with Crippen molar-refractivity contribution in [2.45, 2.75) is 59.0 Å². The summed E-state index contributed by atoms with van der Waals surface area (Å²) in [5, 5.41) is 11.9. The van der Waals surface area contributed by atoms with Crippen LogP contribution < -0.4 is 10.6 Å². The molecule has 0 aliphatic heterocycles. The fourth-order valence-corrected chi connectivity index (χ4v) is 2.86. The number of nitrogens with one attached hydrogen (secondary N) is 2. The van der Waals surface area contributed by atoms with Gasteiger partial charge in [0.15, 0.2) is 5.11 Å². The van der Waals surface area contributed by atoms with Crippen molar-refractivity contribution in [2.24, 2.45) is 0 Å². The van der Waals surface area contributed by atoms with Gasteiger partial charge in [0, 0.05) is 12.6 Å². The Morgan fingerprint density at radius 2 is 2.06 bits per heavy atom. The van der Waals surface area contributed by atoms with E-state index in [0.29, 0.717) is 6.04 Å². The third-order valence-corrected chi connectivity index (χ3v) is 3.83. The van der Waals surface area contributed by atoms with Crippen molar-refractivity contribution in [3.05, 3.63) is 11.4 Å². The largest absolute Gasteiger partial charge is 0.360 e. The van der Waals surface area contributed by atoms with E-state index in [-0.39, 0.29) is 0 Å². The molecule has 1 saturated carbocycles. The lowest BCUT2D eigenvalue weighted by atomic mass is 10.2. The molecule has 0 aromatic carbocycles. The van der Waals surface area contributed by atoms with Gasteiger partial charge in [-0.05, 0) is 45.8 Å². The maximum absolute atomic E-state index is 5.38. The first kappa shape index (κ1) is 13.3. The van der Waals surface area contributed by atoms with Gasteiger partial charge in [-0.3, -0.25) is 4.68 Å². The Bertz CT molecular complexity index is 432. The van der Waals surface area contributed by atoms with Gasteiger partial charge in [-0.1, -0.05) is 12.8 Å². The van der Waals surface area contributed by atoms with E-state index in [1.54, 1.807) is 0 Å². The lowest BCUT2D eigenvalue weighted by Gasteiger charge is -2.15. The molecule has 1 aliphatic carbocycles. The summed E-state index contributed by atoms with van der Waals surface area (Å²) in [6.45, 7) is 7.07. The van der Waals surface area contributed by atoms with Gasteiger partial charge in [0.2, 0.25) is 0 Å². The summed E-state index contributed by atoms with van der Waals surface area (Å²) in [5.74, 6) is 0. The summed E-state index contributed by atoms with van der Waals surface area (Å²) < 4.78 is 2.00. The standard InChI is InChI=1S/C13H22N4S/c1-4-17-10(3)12(9(2)16-17)15-13(18)14-11-7-5-6-8-11/h11H,4-8H2,1-3H3,(H2,14,15,18). The molecule has 0 saturated heterocycles. The molecule has 0 radical (unpaired) electrons. The molecular formula is C13H22N4S. The predicted octanol–water partition coefficient (Wildman–Crippen LogP) is 2.75. The van der Waals surface area contributed by atoms with E-state index in [1.165, 1.54) is 25.7 Å². The highest BCUT2D eigenvalue weighted by Crippen LogP contribution is 2.20. The summed E-state index contributed by atoms with van der Waals surface area (Å²) >= 11 is 5.38. The van der Waals surface area contributed by atoms with Crippen LogP contribution in [-0.4, -0.2) is 20.9 Å². The number of aromatic nitrogens is 2. The zero-order valence-corrected chi connectivity index (χ0v) is 12.2. The maximum atomic E-state index is 5.38. The molecular weight excluding hydrogens is 244 g/mol. The van der Waals surface area contributed by atoms with Crippen molar-refractivity contribution in [1.29, 1.82) is 0 Å². The van der Waals surface area contributed by atoms with Gasteiger partial charge in [0.05, 0.1) is 17.1 Å². The van der Waals surface area contributed by atoms with Gasteiger partial charge in [-0.2, -0.15) is 5.10 Å². The molecule has 1 aromatic rings. The van der Waals surface area contributed by atoms with Crippen molar-refractivity contribution in [3.8, 4) is 0 Å². The molecule has 4 nitrogen and oxygen atoms in total. The highest BCUT2D eigenvalue weighted by Gasteiger charge is 2.17. The Morgan fingerprint density at radius 1 is 1.39 bits per heavy atom. The first-order chi connectivity index (χ1) is 8.61. The number of hydrogen-bond acceptors (Lipinski definition) is 2. The van der Waals surface area contributed by atoms with Gasteiger partial charge in [0.25, 0.3) is 0 Å². The van der Waals surface area contributed by atoms with Gasteiger partial charge in [-0.15, -0.1) is 0 Å². The van der Waals surface area contributed by atoms with E-state index in [9.17, 15) is 0 Å². The minimum Gasteiger partial charge on any atom is -0.360 e. The number of rotatable bonds is 3. The van der Waals surface area contributed by atoms with Crippen molar-refractivity contribution < 1.29 is 0 Å². The molecule has 0 bridgehead atoms. The van der Waals surface area contributed by atoms with Crippen LogP contribution in [0.3, 0.4) is 0 Å². The summed E-state index contributed by atoms with van der Waals surface area (Å²) in [4.78, 5) is 0. The molecule has 0 spiro atoms. The highest BCUT2D eigenvalue weighted by molar-refractivity contribution is 7.80. The number of nitrogens with zero attached hydrogens (tertiary/aromatic N) is 2.